The summed E-state index contributed by atoms with van der Waals surface area (Å²) in [5.74, 6) is 1.82. The van der Waals surface area contributed by atoms with Gasteiger partial charge in [0.15, 0.2) is 17.5 Å². The Hall–Kier alpha value is -6.43. The predicted molar refractivity (Wildman–Crippen MR) is 207 cm³/mol. The van der Waals surface area contributed by atoms with Crippen molar-refractivity contribution < 1.29 is 4.42 Å². The van der Waals surface area contributed by atoms with Crippen molar-refractivity contribution in [3.63, 3.8) is 0 Å². The van der Waals surface area contributed by atoms with Crippen LogP contribution in [0.3, 0.4) is 0 Å². The Labute approximate surface area is 292 Å². The van der Waals surface area contributed by atoms with E-state index in [9.17, 15) is 0 Å². The molecule has 50 heavy (non-hydrogen) atoms. The van der Waals surface area contributed by atoms with E-state index in [0.717, 1.165) is 44.2 Å². The highest BCUT2D eigenvalue weighted by atomic mass is 32.1. The van der Waals surface area contributed by atoms with Crippen LogP contribution in [-0.4, -0.2) is 15.0 Å². The zero-order chi connectivity index (χ0) is 33.0. The summed E-state index contributed by atoms with van der Waals surface area (Å²) in [4.78, 5) is 14.9. The summed E-state index contributed by atoms with van der Waals surface area (Å²) in [5.41, 5.74) is 9.11. The number of hydrogen-bond donors (Lipinski definition) is 0. The Balaban J connectivity index is 1.16. The van der Waals surface area contributed by atoms with Gasteiger partial charge in [-0.15, -0.1) is 11.3 Å². The molecular weight excluding hydrogens is 631 g/mol. The molecule has 0 unspecified atom stereocenters. The molecule has 0 bridgehead atoms. The molecule has 0 saturated carbocycles. The molecule has 0 amide bonds. The van der Waals surface area contributed by atoms with Crippen LogP contribution in [0.2, 0.25) is 0 Å². The van der Waals surface area contributed by atoms with Gasteiger partial charge in [-0.2, -0.15) is 0 Å². The molecule has 0 saturated heterocycles. The van der Waals surface area contributed by atoms with Crippen LogP contribution in [0, 0.1) is 0 Å². The molecule has 0 spiro atoms. The van der Waals surface area contributed by atoms with Crippen molar-refractivity contribution in [2.75, 3.05) is 0 Å². The second-order valence-electron chi connectivity index (χ2n) is 12.4. The largest absolute Gasteiger partial charge is 0.455 e. The van der Waals surface area contributed by atoms with Crippen LogP contribution in [-0.2, 0) is 0 Å². The zero-order valence-corrected chi connectivity index (χ0v) is 27.6. The van der Waals surface area contributed by atoms with Crippen LogP contribution in [0.4, 0.5) is 0 Å². The van der Waals surface area contributed by atoms with E-state index < -0.39 is 0 Å². The fraction of sp³-hybridized carbons (Fsp3) is 0. The summed E-state index contributed by atoms with van der Waals surface area (Å²) >= 11 is 1.86. The molecule has 10 rings (SSSR count). The fourth-order valence-electron chi connectivity index (χ4n) is 6.98. The van der Waals surface area contributed by atoms with E-state index in [0.29, 0.717) is 17.5 Å². The van der Waals surface area contributed by atoms with Gasteiger partial charge in [0.2, 0.25) is 0 Å². The second kappa shape index (κ2) is 11.6. The summed E-state index contributed by atoms with van der Waals surface area (Å²) in [6.45, 7) is 0. The Morgan fingerprint density at radius 3 is 1.72 bits per heavy atom. The minimum atomic E-state index is 0.575. The summed E-state index contributed by atoms with van der Waals surface area (Å²) in [6.07, 6.45) is 0. The van der Waals surface area contributed by atoms with Gasteiger partial charge < -0.3 is 4.42 Å². The number of nitrogens with zero attached hydrogens (tertiary/aromatic N) is 3. The zero-order valence-electron chi connectivity index (χ0n) is 26.7. The lowest BCUT2D eigenvalue weighted by Crippen LogP contribution is -2.00. The molecule has 10 aromatic rings. The van der Waals surface area contributed by atoms with Crippen LogP contribution in [0.15, 0.2) is 168 Å². The third kappa shape index (κ3) is 4.71. The molecule has 0 N–H and O–H groups in total. The SMILES string of the molecule is c1ccc(-c2nc(-c3ccccc3)nc(-c3cccc4c3oc3ccc(-c5ccc(-c6ccccc6)c6sc7ccccc7c56)cc34)n2)cc1. The molecule has 3 aromatic heterocycles. The van der Waals surface area contributed by atoms with Crippen LogP contribution in [0.5, 0.6) is 0 Å². The quantitative estimate of drug-likeness (QED) is 0.185. The third-order valence-electron chi connectivity index (χ3n) is 9.36. The number of hydrogen-bond acceptors (Lipinski definition) is 5. The lowest BCUT2D eigenvalue weighted by molar-refractivity contribution is 0.669. The molecule has 0 fully saturated rings. The van der Waals surface area contributed by atoms with Gasteiger partial charge in [0.05, 0.1) is 5.56 Å². The van der Waals surface area contributed by atoms with Gasteiger partial charge in [-0.1, -0.05) is 140 Å². The highest BCUT2D eigenvalue weighted by Crippen LogP contribution is 2.46. The Morgan fingerprint density at radius 2 is 1.00 bits per heavy atom. The van der Waals surface area contributed by atoms with Gasteiger partial charge >= 0.3 is 0 Å². The number of fused-ring (bicyclic) bond motifs is 6. The lowest BCUT2D eigenvalue weighted by atomic mass is 9.94. The van der Waals surface area contributed by atoms with E-state index in [-0.39, 0.29) is 0 Å². The standard InChI is InChI=1S/C45H27N3OS/c1-4-13-28(14-5-1)33-25-24-32(40-35-19-10-11-22-39(35)50-42(33)40)31-23-26-38-37(27-31)34-20-12-21-36(41(34)49-38)45-47-43(29-15-6-2-7-16-29)46-44(48-45)30-17-8-3-9-18-30/h1-27H. The van der Waals surface area contributed by atoms with Gasteiger partial charge in [0.1, 0.15) is 11.2 Å². The molecule has 3 heterocycles. The number of furan rings is 1. The molecular formula is C45H27N3OS. The third-order valence-corrected chi connectivity index (χ3v) is 10.6. The van der Waals surface area contributed by atoms with Crippen molar-refractivity contribution >= 4 is 53.4 Å². The van der Waals surface area contributed by atoms with Crippen molar-refractivity contribution in [2.24, 2.45) is 0 Å². The number of benzene rings is 7. The normalized spacial score (nSPS) is 11.6. The van der Waals surface area contributed by atoms with Gasteiger partial charge in [-0.05, 0) is 46.5 Å². The van der Waals surface area contributed by atoms with Crippen molar-refractivity contribution in [1.29, 1.82) is 0 Å². The maximum absolute atomic E-state index is 6.64. The first kappa shape index (κ1) is 28.6. The van der Waals surface area contributed by atoms with E-state index in [1.807, 2.05) is 78.1 Å². The first-order valence-corrected chi connectivity index (χ1v) is 17.4. The van der Waals surface area contributed by atoms with E-state index >= 15 is 0 Å². The molecule has 234 valence electrons. The molecule has 0 atom stereocenters. The van der Waals surface area contributed by atoms with Crippen LogP contribution < -0.4 is 0 Å². The molecule has 0 aliphatic heterocycles. The first-order valence-electron chi connectivity index (χ1n) is 16.6. The van der Waals surface area contributed by atoms with E-state index in [4.69, 9.17) is 19.4 Å². The van der Waals surface area contributed by atoms with E-state index in [1.165, 1.54) is 36.9 Å². The van der Waals surface area contributed by atoms with Crippen molar-refractivity contribution in [1.82, 2.24) is 15.0 Å². The molecule has 0 radical (unpaired) electrons. The maximum atomic E-state index is 6.64. The molecule has 0 aliphatic carbocycles. The highest BCUT2D eigenvalue weighted by Gasteiger charge is 2.20. The summed E-state index contributed by atoms with van der Waals surface area (Å²) < 4.78 is 9.23. The summed E-state index contributed by atoms with van der Waals surface area (Å²) in [6, 6.07) is 56.8. The monoisotopic (exact) mass is 657 g/mol. The second-order valence-corrected chi connectivity index (χ2v) is 13.4. The average Bonchev–Trinajstić information content (AvgIpc) is 3.77. The topological polar surface area (TPSA) is 51.8 Å². The fourth-order valence-corrected chi connectivity index (χ4v) is 8.25. The highest BCUT2D eigenvalue weighted by molar-refractivity contribution is 7.26. The Morgan fingerprint density at radius 1 is 0.400 bits per heavy atom. The van der Waals surface area contributed by atoms with Crippen LogP contribution in [0.25, 0.3) is 98.5 Å². The maximum Gasteiger partial charge on any atom is 0.167 e. The summed E-state index contributed by atoms with van der Waals surface area (Å²) in [5, 5.41) is 4.64. The summed E-state index contributed by atoms with van der Waals surface area (Å²) in [7, 11) is 0. The number of rotatable bonds is 5. The molecule has 7 aromatic carbocycles. The van der Waals surface area contributed by atoms with Gasteiger partial charge in [-0.25, -0.2) is 15.0 Å². The Kier molecular flexibility index (Phi) is 6.64. The Bertz CT molecular complexity index is 2800. The smallest absolute Gasteiger partial charge is 0.167 e. The van der Waals surface area contributed by atoms with Crippen LogP contribution >= 0.6 is 11.3 Å². The van der Waals surface area contributed by atoms with Gasteiger partial charge in [-0.3, -0.25) is 0 Å². The molecule has 4 nitrogen and oxygen atoms in total. The average molecular weight is 658 g/mol. The van der Waals surface area contributed by atoms with Crippen LogP contribution in [0.1, 0.15) is 0 Å². The minimum Gasteiger partial charge on any atom is -0.455 e. The number of aromatic nitrogens is 3. The van der Waals surface area contributed by atoms with Crippen molar-refractivity contribution in [3.05, 3.63) is 164 Å². The van der Waals surface area contributed by atoms with Gasteiger partial charge in [0.25, 0.3) is 0 Å². The van der Waals surface area contributed by atoms with Crippen molar-refractivity contribution in [2.45, 2.75) is 0 Å². The van der Waals surface area contributed by atoms with Crippen molar-refractivity contribution in [3.8, 4) is 56.4 Å². The predicted octanol–water partition coefficient (Wildman–Crippen LogP) is 12.5. The van der Waals surface area contributed by atoms with E-state index in [1.54, 1.807) is 0 Å². The lowest BCUT2D eigenvalue weighted by Gasteiger charge is -2.10. The molecule has 0 aliphatic rings. The minimum absolute atomic E-state index is 0.575. The first-order chi connectivity index (χ1) is 24.8. The number of thiophene rings is 1. The number of para-hydroxylation sites is 1. The molecule has 5 heteroatoms. The van der Waals surface area contributed by atoms with E-state index in [2.05, 4.69) is 97.1 Å². The van der Waals surface area contributed by atoms with Gasteiger partial charge in [0, 0.05) is 42.1 Å².